The Labute approximate surface area is 106 Å². The fraction of sp³-hybridized carbons (Fsp3) is 0.357. The number of nitrogens with one attached hydrogen (secondary N) is 1. The molecule has 0 radical (unpaired) electrons. The first-order valence-corrected chi connectivity index (χ1v) is 6.23. The molecule has 94 valence electrons. The van der Waals surface area contributed by atoms with Crippen LogP contribution in [-0.2, 0) is 0 Å². The van der Waals surface area contributed by atoms with Crippen molar-refractivity contribution in [3.05, 3.63) is 23.8 Å². The van der Waals surface area contributed by atoms with E-state index < -0.39 is 0 Å². The number of pyridine rings is 1. The van der Waals surface area contributed by atoms with Gasteiger partial charge in [-0.15, -0.1) is 0 Å². The summed E-state index contributed by atoms with van der Waals surface area (Å²) >= 11 is 0. The number of benzene rings is 1. The number of fused-ring (bicyclic) bond motifs is 2. The van der Waals surface area contributed by atoms with Crippen LogP contribution in [0.2, 0.25) is 0 Å². The zero-order chi connectivity index (χ0) is 12.5. The average Bonchev–Trinajstić information content (AvgIpc) is 2.38. The molecule has 1 aromatic heterocycles. The average molecular weight is 244 g/mol. The highest BCUT2D eigenvalue weighted by atomic mass is 16.6. The number of rotatable bonds is 2. The molecule has 0 fully saturated rings. The molecule has 0 aliphatic carbocycles. The summed E-state index contributed by atoms with van der Waals surface area (Å²) < 4.78 is 11.2. The molecule has 0 atom stereocenters. The maximum Gasteiger partial charge on any atom is 0.163 e. The first kappa shape index (κ1) is 11.1. The first-order chi connectivity index (χ1) is 8.78. The molecule has 0 amide bonds. The van der Waals surface area contributed by atoms with Gasteiger partial charge in [0.15, 0.2) is 11.5 Å². The van der Waals surface area contributed by atoms with E-state index in [2.05, 4.69) is 30.2 Å². The molecule has 0 spiro atoms. The molecule has 2 aromatic rings. The van der Waals surface area contributed by atoms with Gasteiger partial charge in [-0.3, -0.25) is 0 Å². The number of nitrogens with zero attached hydrogens (tertiary/aromatic N) is 1. The lowest BCUT2D eigenvalue weighted by Gasteiger charge is -2.19. The van der Waals surface area contributed by atoms with Crippen LogP contribution in [0.3, 0.4) is 0 Å². The lowest BCUT2D eigenvalue weighted by molar-refractivity contribution is 0.172. The highest BCUT2D eigenvalue weighted by molar-refractivity contribution is 5.85. The van der Waals surface area contributed by atoms with E-state index in [-0.39, 0.29) is 0 Å². The topological polar surface area (TPSA) is 43.4 Å². The van der Waals surface area contributed by atoms with Gasteiger partial charge in [-0.1, -0.05) is 0 Å². The largest absolute Gasteiger partial charge is 0.486 e. The third-order valence-electron chi connectivity index (χ3n) is 3.01. The van der Waals surface area contributed by atoms with E-state index in [0.717, 1.165) is 40.3 Å². The summed E-state index contributed by atoms with van der Waals surface area (Å²) in [5.74, 6) is 2.53. The summed E-state index contributed by atoms with van der Waals surface area (Å²) in [6.45, 7) is 6.20. The van der Waals surface area contributed by atoms with E-state index in [1.165, 1.54) is 0 Å². The zero-order valence-electron chi connectivity index (χ0n) is 10.6. The fourth-order valence-corrected chi connectivity index (χ4v) is 2.16. The van der Waals surface area contributed by atoms with Crippen LogP contribution in [0, 0.1) is 6.92 Å². The molecule has 0 saturated carbocycles. The molecule has 0 saturated heterocycles. The van der Waals surface area contributed by atoms with Crippen molar-refractivity contribution < 1.29 is 9.47 Å². The highest BCUT2D eigenvalue weighted by Crippen LogP contribution is 2.34. The summed E-state index contributed by atoms with van der Waals surface area (Å²) in [6.07, 6.45) is 0. The van der Waals surface area contributed by atoms with Crippen molar-refractivity contribution >= 4 is 16.7 Å². The smallest absolute Gasteiger partial charge is 0.163 e. The Balaban J connectivity index is 2.15. The van der Waals surface area contributed by atoms with Crippen molar-refractivity contribution in [3.63, 3.8) is 0 Å². The second-order valence-electron chi connectivity index (χ2n) is 4.37. The number of anilines is 1. The second kappa shape index (κ2) is 4.37. The maximum atomic E-state index is 5.58. The summed E-state index contributed by atoms with van der Waals surface area (Å²) in [6, 6.07) is 6.07. The van der Waals surface area contributed by atoms with Gasteiger partial charge in [0.05, 0.1) is 5.52 Å². The van der Waals surface area contributed by atoms with Gasteiger partial charge in [-0.25, -0.2) is 4.98 Å². The van der Waals surface area contributed by atoms with E-state index in [9.17, 15) is 0 Å². The van der Waals surface area contributed by atoms with Crippen molar-refractivity contribution in [1.29, 1.82) is 0 Å². The summed E-state index contributed by atoms with van der Waals surface area (Å²) in [5, 5.41) is 4.35. The molecular weight excluding hydrogens is 228 g/mol. The van der Waals surface area contributed by atoms with E-state index in [1.807, 2.05) is 12.1 Å². The lowest BCUT2D eigenvalue weighted by atomic mass is 10.1. The van der Waals surface area contributed by atoms with Gasteiger partial charge in [-0.05, 0) is 31.5 Å². The number of hydrogen-bond acceptors (Lipinski definition) is 4. The summed E-state index contributed by atoms with van der Waals surface area (Å²) in [5.41, 5.74) is 2.07. The molecule has 1 N–H and O–H groups in total. The molecule has 18 heavy (non-hydrogen) atoms. The third kappa shape index (κ3) is 1.83. The van der Waals surface area contributed by atoms with E-state index in [1.54, 1.807) is 0 Å². The zero-order valence-corrected chi connectivity index (χ0v) is 10.6. The highest BCUT2D eigenvalue weighted by Gasteiger charge is 2.14. The van der Waals surface area contributed by atoms with Crippen molar-refractivity contribution in [2.75, 3.05) is 25.1 Å². The van der Waals surface area contributed by atoms with Gasteiger partial charge in [-0.2, -0.15) is 0 Å². The fourth-order valence-electron chi connectivity index (χ4n) is 2.16. The van der Waals surface area contributed by atoms with Crippen LogP contribution in [0.25, 0.3) is 10.9 Å². The minimum absolute atomic E-state index is 0.602. The Morgan fingerprint density at radius 2 is 1.89 bits per heavy atom. The van der Waals surface area contributed by atoms with E-state index in [0.29, 0.717) is 13.2 Å². The van der Waals surface area contributed by atoms with Crippen LogP contribution in [0.5, 0.6) is 11.5 Å². The maximum absolute atomic E-state index is 5.58. The van der Waals surface area contributed by atoms with E-state index >= 15 is 0 Å². The van der Waals surface area contributed by atoms with Crippen LogP contribution in [0.15, 0.2) is 18.2 Å². The normalized spacial score (nSPS) is 13.7. The Morgan fingerprint density at radius 1 is 1.17 bits per heavy atom. The van der Waals surface area contributed by atoms with Crippen LogP contribution < -0.4 is 14.8 Å². The van der Waals surface area contributed by atoms with Crippen molar-refractivity contribution in [1.82, 2.24) is 4.98 Å². The quantitative estimate of drug-likeness (QED) is 0.882. The molecule has 0 unspecified atom stereocenters. The van der Waals surface area contributed by atoms with Crippen LogP contribution in [-0.4, -0.2) is 24.7 Å². The second-order valence-corrected chi connectivity index (χ2v) is 4.37. The van der Waals surface area contributed by atoms with E-state index in [4.69, 9.17) is 9.47 Å². The van der Waals surface area contributed by atoms with Crippen molar-refractivity contribution in [3.8, 4) is 11.5 Å². The number of aryl methyl sites for hydroxylation is 1. The van der Waals surface area contributed by atoms with Crippen LogP contribution in [0.4, 0.5) is 5.82 Å². The molecule has 4 heteroatoms. The first-order valence-electron chi connectivity index (χ1n) is 6.23. The van der Waals surface area contributed by atoms with Gasteiger partial charge in [0, 0.05) is 18.0 Å². The number of ether oxygens (including phenoxy) is 2. The lowest BCUT2D eigenvalue weighted by Crippen LogP contribution is -2.15. The SMILES string of the molecule is CCNc1nc2cc3c(cc2cc1C)OCCO3. The van der Waals surface area contributed by atoms with Gasteiger partial charge in [0.2, 0.25) is 0 Å². The molecule has 0 bridgehead atoms. The Morgan fingerprint density at radius 3 is 2.61 bits per heavy atom. The predicted molar refractivity (Wildman–Crippen MR) is 71.6 cm³/mol. The number of aromatic nitrogens is 1. The third-order valence-corrected chi connectivity index (χ3v) is 3.01. The van der Waals surface area contributed by atoms with Gasteiger partial charge < -0.3 is 14.8 Å². The Kier molecular flexibility index (Phi) is 2.70. The van der Waals surface area contributed by atoms with Gasteiger partial charge >= 0.3 is 0 Å². The summed E-state index contributed by atoms with van der Waals surface area (Å²) in [4.78, 5) is 4.63. The van der Waals surface area contributed by atoms with Gasteiger partial charge in [0.1, 0.15) is 19.0 Å². The number of hydrogen-bond donors (Lipinski definition) is 1. The molecule has 3 rings (SSSR count). The Bertz CT molecular complexity index is 596. The molecule has 2 heterocycles. The molecule has 1 aromatic carbocycles. The predicted octanol–water partition coefficient (Wildman–Crippen LogP) is 2.75. The van der Waals surface area contributed by atoms with Crippen LogP contribution in [0.1, 0.15) is 12.5 Å². The molecule has 4 nitrogen and oxygen atoms in total. The van der Waals surface area contributed by atoms with Crippen molar-refractivity contribution in [2.45, 2.75) is 13.8 Å². The minimum atomic E-state index is 0.602. The van der Waals surface area contributed by atoms with Crippen molar-refractivity contribution in [2.24, 2.45) is 0 Å². The minimum Gasteiger partial charge on any atom is -0.486 e. The summed E-state index contributed by atoms with van der Waals surface area (Å²) in [7, 11) is 0. The molecular formula is C14H16N2O2. The Hall–Kier alpha value is -1.97. The van der Waals surface area contributed by atoms with Crippen LogP contribution >= 0.6 is 0 Å². The molecule has 1 aliphatic heterocycles. The molecule has 1 aliphatic rings. The standard InChI is InChI=1S/C14H16N2O2/c1-3-15-14-9(2)6-10-7-12-13(8-11(10)16-14)18-5-4-17-12/h6-8H,3-5H2,1-2H3,(H,15,16). The monoisotopic (exact) mass is 244 g/mol. The van der Waals surface area contributed by atoms with Gasteiger partial charge in [0.25, 0.3) is 0 Å².